The summed E-state index contributed by atoms with van der Waals surface area (Å²) in [4.78, 5) is 13.9. The molecule has 116 valence electrons. The number of nitrogens with one attached hydrogen (secondary N) is 1. The normalized spacial score (nSPS) is 14.3. The van der Waals surface area contributed by atoms with E-state index in [0.29, 0.717) is 18.0 Å². The molecular formula is C16H24N2O3. The molecule has 0 aromatic heterocycles. The lowest BCUT2D eigenvalue weighted by Gasteiger charge is -2.18. The van der Waals surface area contributed by atoms with Gasteiger partial charge in [0.05, 0.1) is 7.11 Å². The highest BCUT2D eigenvalue weighted by Gasteiger charge is 2.19. The van der Waals surface area contributed by atoms with Crippen LogP contribution >= 0.6 is 0 Å². The monoisotopic (exact) mass is 292 g/mol. The van der Waals surface area contributed by atoms with Gasteiger partial charge in [0, 0.05) is 25.2 Å². The number of amides is 1. The average molecular weight is 292 g/mol. The quantitative estimate of drug-likeness (QED) is 0.832. The van der Waals surface area contributed by atoms with Crippen LogP contribution in [0.3, 0.4) is 0 Å². The minimum absolute atomic E-state index is 0.0489. The highest BCUT2D eigenvalue weighted by atomic mass is 16.5. The number of hydrogen-bond donors (Lipinski definition) is 1. The molecule has 0 bridgehead atoms. The zero-order valence-corrected chi connectivity index (χ0v) is 12.9. The Labute approximate surface area is 126 Å². The molecule has 0 saturated carbocycles. The summed E-state index contributed by atoms with van der Waals surface area (Å²) >= 11 is 0. The molecule has 2 rings (SSSR count). The van der Waals surface area contributed by atoms with E-state index in [4.69, 9.17) is 9.47 Å². The van der Waals surface area contributed by atoms with E-state index < -0.39 is 0 Å². The Bertz CT molecular complexity index is 471. The number of hydrogen-bond acceptors (Lipinski definition) is 4. The van der Waals surface area contributed by atoms with Crippen LogP contribution in [0.4, 0.5) is 0 Å². The first-order valence-electron chi connectivity index (χ1n) is 7.53. The number of carbonyl (C=O) groups is 1. The standard InChI is InChI=1S/C16H24N2O3/c1-3-17-11-13-7-6-8-14(20-2)16(13)21-12-15(19)18-9-4-5-10-18/h6-8,17H,3-5,9-12H2,1-2H3. The number of para-hydroxylation sites is 1. The summed E-state index contributed by atoms with van der Waals surface area (Å²) in [7, 11) is 1.61. The molecule has 5 nitrogen and oxygen atoms in total. The van der Waals surface area contributed by atoms with E-state index in [2.05, 4.69) is 12.2 Å². The van der Waals surface area contributed by atoms with Crippen molar-refractivity contribution in [3.8, 4) is 11.5 Å². The molecule has 1 N–H and O–H groups in total. The van der Waals surface area contributed by atoms with E-state index in [1.54, 1.807) is 7.11 Å². The highest BCUT2D eigenvalue weighted by molar-refractivity contribution is 5.78. The van der Waals surface area contributed by atoms with E-state index in [1.807, 2.05) is 23.1 Å². The molecule has 0 unspecified atom stereocenters. The number of likely N-dealkylation sites (tertiary alicyclic amines) is 1. The molecule has 0 aliphatic carbocycles. The second-order valence-corrected chi connectivity index (χ2v) is 5.11. The highest BCUT2D eigenvalue weighted by Crippen LogP contribution is 2.31. The van der Waals surface area contributed by atoms with Gasteiger partial charge in [-0.15, -0.1) is 0 Å². The summed E-state index contributed by atoms with van der Waals surface area (Å²) in [6.45, 7) is 5.39. The van der Waals surface area contributed by atoms with Crippen LogP contribution in [0.1, 0.15) is 25.3 Å². The molecule has 5 heteroatoms. The fraction of sp³-hybridized carbons (Fsp3) is 0.562. The van der Waals surface area contributed by atoms with Gasteiger partial charge in [-0.2, -0.15) is 0 Å². The zero-order valence-electron chi connectivity index (χ0n) is 12.9. The van der Waals surface area contributed by atoms with E-state index in [0.717, 1.165) is 38.0 Å². The van der Waals surface area contributed by atoms with Crippen LogP contribution < -0.4 is 14.8 Å². The second kappa shape index (κ2) is 7.88. The van der Waals surface area contributed by atoms with Gasteiger partial charge < -0.3 is 19.7 Å². The fourth-order valence-corrected chi connectivity index (χ4v) is 2.48. The molecule has 0 spiro atoms. The maximum Gasteiger partial charge on any atom is 0.260 e. The summed E-state index contributed by atoms with van der Waals surface area (Å²) in [6.07, 6.45) is 2.18. The number of rotatable bonds is 7. The van der Waals surface area contributed by atoms with Gasteiger partial charge in [-0.1, -0.05) is 19.1 Å². The van der Waals surface area contributed by atoms with Gasteiger partial charge in [0.15, 0.2) is 18.1 Å². The van der Waals surface area contributed by atoms with Crippen LogP contribution in [0.2, 0.25) is 0 Å². The van der Waals surface area contributed by atoms with Crippen LogP contribution in [0.25, 0.3) is 0 Å². The maximum atomic E-state index is 12.1. The molecule has 1 saturated heterocycles. The molecule has 1 aliphatic rings. The van der Waals surface area contributed by atoms with Gasteiger partial charge >= 0.3 is 0 Å². The van der Waals surface area contributed by atoms with Crippen LogP contribution in [0.5, 0.6) is 11.5 Å². The SMILES string of the molecule is CCNCc1cccc(OC)c1OCC(=O)N1CCCC1. The third kappa shape index (κ3) is 4.11. The van der Waals surface area contributed by atoms with Crippen molar-refractivity contribution in [3.63, 3.8) is 0 Å². The Morgan fingerprint density at radius 1 is 1.33 bits per heavy atom. The Hall–Kier alpha value is -1.75. The first kappa shape index (κ1) is 15.6. The van der Waals surface area contributed by atoms with Gasteiger partial charge in [-0.25, -0.2) is 0 Å². The van der Waals surface area contributed by atoms with Crippen molar-refractivity contribution < 1.29 is 14.3 Å². The molecule has 1 fully saturated rings. The summed E-state index contributed by atoms with van der Waals surface area (Å²) in [5.41, 5.74) is 1.01. The largest absolute Gasteiger partial charge is 0.493 e. The average Bonchev–Trinajstić information content (AvgIpc) is 3.05. The molecule has 1 heterocycles. The minimum Gasteiger partial charge on any atom is -0.493 e. The molecule has 0 radical (unpaired) electrons. The summed E-state index contributed by atoms with van der Waals surface area (Å²) < 4.78 is 11.1. The maximum absolute atomic E-state index is 12.1. The zero-order chi connectivity index (χ0) is 15.1. The van der Waals surface area contributed by atoms with E-state index >= 15 is 0 Å². The summed E-state index contributed by atoms with van der Waals surface area (Å²) in [6, 6.07) is 5.77. The number of carbonyl (C=O) groups excluding carboxylic acids is 1. The van der Waals surface area contributed by atoms with E-state index in [1.165, 1.54) is 0 Å². The van der Waals surface area contributed by atoms with E-state index in [-0.39, 0.29) is 12.5 Å². The second-order valence-electron chi connectivity index (χ2n) is 5.11. The lowest BCUT2D eigenvalue weighted by Crippen LogP contribution is -2.32. The Morgan fingerprint density at radius 2 is 2.10 bits per heavy atom. The van der Waals surface area contributed by atoms with Gasteiger partial charge in [0.2, 0.25) is 0 Å². The van der Waals surface area contributed by atoms with Crippen molar-refractivity contribution >= 4 is 5.91 Å². The van der Waals surface area contributed by atoms with Crippen molar-refractivity contribution in [2.24, 2.45) is 0 Å². The van der Waals surface area contributed by atoms with Crippen molar-refractivity contribution in [2.45, 2.75) is 26.3 Å². The van der Waals surface area contributed by atoms with Crippen LogP contribution in [-0.2, 0) is 11.3 Å². The number of benzene rings is 1. The van der Waals surface area contributed by atoms with Crippen LogP contribution in [-0.4, -0.2) is 44.2 Å². The fourth-order valence-electron chi connectivity index (χ4n) is 2.48. The molecule has 1 aliphatic heterocycles. The lowest BCUT2D eigenvalue weighted by molar-refractivity contribution is -0.132. The predicted octanol–water partition coefficient (Wildman–Crippen LogP) is 1.81. The third-order valence-electron chi connectivity index (χ3n) is 3.64. The van der Waals surface area contributed by atoms with E-state index in [9.17, 15) is 4.79 Å². The van der Waals surface area contributed by atoms with Crippen LogP contribution in [0, 0.1) is 0 Å². The predicted molar refractivity (Wildman–Crippen MR) is 81.7 cm³/mol. The summed E-state index contributed by atoms with van der Waals surface area (Å²) in [5.74, 6) is 1.38. The van der Waals surface area contributed by atoms with Gasteiger partial charge in [0.25, 0.3) is 5.91 Å². The number of nitrogens with zero attached hydrogens (tertiary/aromatic N) is 1. The van der Waals surface area contributed by atoms with Gasteiger partial charge in [0.1, 0.15) is 0 Å². The number of methoxy groups -OCH3 is 1. The topological polar surface area (TPSA) is 50.8 Å². The van der Waals surface area contributed by atoms with Crippen molar-refractivity contribution in [2.75, 3.05) is 33.4 Å². The Kier molecular flexibility index (Phi) is 5.87. The lowest BCUT2D eigenvalue weighted by atomic mass is 10.2. The Balaban J connectivity index is 2.04. The molecule has 21 heavy (non-hydrogen) atoms. The van der Waals surface area contributed by atoms with Crippen LogP contribution in [0.15, 0.2) is 18.2 Å². The van der Waals surface area contributed by atoms with Crippen molar-refractivity contribution in [1.82, 2.24) is 10.2 Å². The molecule has 1 amide bonds. The molecule has 1 aromatic rings. The minimum atomic E-state index is 0.0489. The number of ether oxygens (including phenoxy) is 2. The Morgan fingerprint density at radius 3 is 2.76 bits per heavy atom. The van der Waals surface area contributed by atoms with Crippen molar-refractivity contribution in [3.05, 3.63) is 23.8 Å². The first-order chi connectivity index (χ1) is 10.3. The third-order valence-corrected chi connectivity index (χ3v) is 3.64. The first-order valence-corrected chi connectivity index (χ1v) is 7.53. The van der Waals surface area contributed by atoms with Gasteiger partial charge in [-0.05, 0) is 25.5 Å². The smallest absolute Gasteiger partial charge is 0.260 e. The molecule has 1 aromatic carbocycles. The van der Waals surface area contributed by atoms with Gasteiger partial charge in [-0.3, -0.25) is 4.79 Å². The summed E-state index contributed by atoms with van der Waals surface area (Å²) in [5, 5.41) is 3.27. The molecule has 0 atom stereocenters. The molecular weight excluding hydrogens is 268 g/mol. The van der Waals surface area contributed by atoms with Crippen molar-refractivity contribution in [1.29, 1.82) is 0 Å².